The molecule has 3 heteroatoms. The predicted molar refractivity (Wildman–Crippen MR) is 94.9 cm³/mol. The lowest BCUT2D eigenvalue weighted by atomic mass is 10.1. The number of hydrogen-bond acceptors (Lipinski definition) is 3. The first-order chi connectivity index (χ1) is 10.8. The standard InChI is InChI=1S/C19H23N3/c1-3-21(4-2)13-14-22-18-11-7-5-9-16(18)15-20-17-10-6-8-12-19(17)22/h5-12,15H,3-4,13-14H2,1-2H3. The second-order valence-electron chi connectivity index (χ2n) is 5.48. The number of anilines is 2. The van der Waals surface area contributed by atoms with Gasteiger partial charge >= 0.3 is 0 Å². The highest BCUT2D eigenvalue weighted by atomic mass is 15.2. The fraction of sp³-hybridized carbons (Fsp3) is 0.316. The van der Waals surface area contributed by atoms with Crippen molar-refractivity contribution in [3.8, 4) is 0 Å². The maximum atomic E-state index is 4.67. The molecule has 0 fully saturated rings. The van der Waals surface area contributed by atoms with Crippen LogP contribution in [-0.4, -0.2) is 37.3 Å². The van der Waals surface area contributed by atoms with Crippen molar-refractivity contribution in [1.29, 1.82) is 0 Å². The van der Waals surface area contributed by atoms with Crippen molar-refractivity contribution in [2.75, 3.05) is 31.1 Å². The van der Waals surface area contributed by atoms with Crippen molar-refractivity contribution in [3.63, 3.8) is 0 Å². The molecule has 0 unspecified atom stereocenters. The molecule has 0 aliphatic carbocycles. The van der Waals surface area contributed by atoms with Gasteiger partial charge in [0.25, 0.3) is 0 Å². The molecule has 3 rings (SSSR count). The van der Waals surface area contributed by atoms with Crippen LogP contribution in [0, 0.1) is 0 Å². The Balaban J connectivity index is 1.98. The van der Waals surface area contributed by atoms with Crippen LogP contribution < -0.4 is 4.90 Å². The molecule has 0 spiro atoms. The van der Waals surface area contributed by atoms with Crippen LogP contribution in [0.15, 0.2) is 53.5 Å². The zero-order valence-electron chi connectivity index (χ0n) is 13.4. The van der Waals surface area contributed by atoms with E-state index in [9.17, 15) is 0 Å². The fourth-order valence-electron chi connectivity index (χ4n) is 2.94. The molecule has 0 bridgehead atoms. The monoisotopic (exact) mass is 293 g/mol. The second kappa shape index (κ2) is 6.75. The SMILES string of the molecule is CCN(CC)CCN1c2ccccc2C=Nc2ccccc21. The molecule has 3 nitrogen and oxygen atoms in total. The summed E-state index contributed by atoms with van der Waals surface area (Å²) in [5.74, 6) is 0. The highest BCUT2D eigenvalue weighted by Gasteiger charge is 2.18. The van der Waals surface area contributed by atoms with Crippen LogP contribution in [0.2, 0.25) is 0 Å². The number of benzene rings is 2. The lowest BCUT2D eigenvalue weighted by molar-refractivity contribution is 0.312. The summed E-state index contributed by atoms with van der Waals surface area (Å²) in [7, 11) is 0. The third-order valence-corrected chi connectivity index (χ3v) is 4.28. The van der Waals surface area contributed by atoms with Crippen molar-refractivity contribution >= 4 is 23.3 Å². The van der Waals surface area contributed by atoms with Gasteiger partial charge in [-0.2, -0.15) is 0 Å². The Morgan fingerprint density at radius 1 is 0.909 bits per heavy atom. The first-order valence-electron chi connectivity index (χ1n) is 8.05. The van der Waals surface area contributed by atoms with Crippen LogP contribution in [0.25, 0.3) is 0 Å². The zero-order valence-corrected chi connectivity index (χ0v) is 13.4. The average molecular weight is 293 g/mol. The normalized spacial score (nSPS) is 13.0. The van der Waals surface area contributed by atoms with E-state index in [1.54, 1.807) is 0 Å². The summed E-state index contributed by atoms with van der Waals surface area (Å²) in [6.45, 7) is 8.64. The molecule has 22 heavy (non-hydrogen) atoms. The van der Waals surface area contributed by atoms with Gasteiger partial charge in [0.2, 0.25) is 0 Å². The number of nitrogens with zero attached hydrogens (tertiary/aromatic N) is 3. The smallest absolute Gasteiger partial charge is 0.0866 e. The van der Waals surface area contributed by atoms with Gasteiger partial charge in [-0.3, -0.25) is 4.99 Å². The van der Waals surface area contributed by atoms with Gasteiger partial charge in [0, 0.05) is 24.9 Å². The van der Waals surface area contributed by atoms with Crippen LogP contribution in [0.4, 0.5) is 17.1 Å². The first kappa shape index (κ1) is 14.8. The summed E-state index contributed by atoms with van der Waals surface area (Å²) in [6.07, 6.45) is 1.98. The Morgan fingerprint density at radius 2 is 1.59 bits per heavy atom. The largest absolute Gasteiger partial charge is 0.338 e. The van der Waals surface area contributed by atoms with E-state index in [4.69, 9.17) is 0 Å². The Kier molecular flexibility index (Phi) is 4.54. The van der Waals surface area contributed by atoms with Crippen LogP contribution in [0.1, 0.15) is 19.4 Å². The molecule has 0 radical (unpaired) electrons. The highest BCUT2D eigenvalue weighted by Crippen LogP contribution is 2.37. The van der Waals surface area contributed by atoms with Gasteiger partial charge in [0.1, 0.15) is 0 Å². The minimum atomic E-state index is 0.971. The third kappa shape index (κ3) is 2.90. The molecule has 114 valence electrons. The molecule has 0 atom stereocenters. The lowest BCUT2D eigenvalue weighted by Gasteiger charge is -2.29. The fourth-order valence-corrected chi connectivity index (χ4v) is 2.94. The minimum Gasteiger partial charge on any atom is -0.338 e. The van der Waals surface area contributed by atoms with Gasteiger partial charge in [-0.25, -0.2) is 0 Å². The van der Waals surface area contributed by atoms with Crippen LogP contribution >= 0.6 is 0 Å². The van der Waals surface area contributed by atoms with Gasteiger partial charge in [-0.05, 0) is 31.3 Å². The number of likely N-dealkylation sites (N-methyl/N-ethyl adjacent to an activating group) is 1. The van der Waals surface area contributed by atoms with E-state index < -0.39 is 0 Å². The second-order valence-corrected chi connectivity index (χ2v) is 5.48. The van der Waals surface area contributed by atoms with Gasteiger partial charge in [-0.1, -0.05) is 44.2 Å². The van der Waals surface area contributed by atoms with Crippen molar-refractivity contribution < 1.29 is 0 Å². The maximum absolute atomic E-state index is 4.67. The third-order valence-electron chi connectivity index (χ3n) is 4.28. The van der Waals surface area contributed by atoms with E-state index in [1.165, 1.54) is 16.9 Å². The van der Waals surface area contributed by atoms with Gasteiger partial charge < -0.3 is 9.80 Å². The number of hydrogen-bond donors (Lipinski definition) is 0. The van der Waals surface area contributed by atoms with Gasteiger partial charge in [0.15, 0.2) is 0 Å². The summed E-state index contributed by atoms with van der Waals surface area (Å²) in [4.78, 5) is 9.52. The molecule has 0 aromatic heterocycles. The van der Waals surface area contributed by atoms with Gasteiger partial charge in [0.05, 0.1) is 17.1 Å². The molecule has 1 heterocycles. The van der Waals surface area contributed by atoms with Crippen LogP contribution in [0.3, 0.4) is 0 Å². The average Bonchev–Trinajstić information content (AvgIpc) is 2.73. The first-order valence-corrected chi connectivity index (χ1v) is 8.05. The number of rotatable bonds is 5. The lowest BCUT2D eigenvalue weighted by Crippen LogP contribution is -2.33. The number of para-hydroxylation sites is 3. The molecule has 2 aromatic rings. The van der Waals surface area contributed by atoms with E-state index in [0.717, 1.165) is 31.9 Å². The summed E-state index contributed by atoms with van der Waals surface area (Å²) >= 11 is 0. The molecule has 1 aliphatic rings. The van der Waals surface area contributed by atoms with Crippen LogP contribution in [-0.2, 0) is 0 Å². The molecular weight excluding hydrogens is 270 g/mol. The van der Waals surface area contributed by atoms with E-state index in [1.807, 2.05) is 6.21 Å². The molecule has 2 aromatic carbocycles. The maximum Gasteiger partial charge on any atom is 0.0866 e. The van der Waals surface area contributed by atoms with Crippen molar-refractivity contribution in [2.24, 2.45) is 4.99 Å². The molecule has 0 amide bonds. The molecule has 0 saturated heterocycles. The number of aliphatic imine (C=N–C) groups is 1. The number of fused-ring (bicyclic) bond motifs is 2. The Labute approximate surface area is 132 Å². The van der Waals surface area contributed by atoms with E-state index in [-0.39, 0.29) is 0 Å². The van der Waals surface area contributed by atoms with Gasteiger partial charge in [-0.15, -0.1) is 0 Å². The topological polar surface area (TPSA) is 18.8 Å². The molecule has 0 saturated carbocycles. The van der Waals surface area contributed by atoms with Crippen molar-refractivity contribution in [2.45, 2.75) is 13.8 Å². The summed E-state index contributed by atoms with van der Waals surface area (Å²) in [6, 6.07) is 16.9. The summed E-state index contributed by atoms with van der Waals surface area (Å²) in [5.41, 5.74) is 4.65. The minimum absolute atomic E-state index is 0.971. The Bertz CT molecular complexity index is 610. The van der Waals surface area contributed by atoms with E-state index >= 15 is 0 Å². The predicted octanol–water partition coefficient (Wildman–Crippen LogP) is 4.23. The van der Waals surface area contributed by atoms with Crippen molar-refractivity contribution in [3.05, 3.63) is 54.1 Å². The molecule has 0 N–H and O–H groups in total. The summed E-state index contributed by atoms with van der Waals surface area (Å²) < 4.78 is 0. The molecule has 1 aliphatic heterocycles. The van der Waals surface area contributed by atoms with E-state index in [0.29, 0.717) is 0 Å². The van der Waals surface area contributed by atoms with Crippen molar-refractivity contribution in [1.82, 2.24) is 4.90 Å². The Morgan fingerprint density at radius 3 is 2.36 bits per heavy atom. The quantitative estimate of drug-likeness (QED) is 0.821. The Hall–Kier alpha value is -2.13. The molecular formula is C19H23N3. The zero-order chi connectivity index (χ0) is 15.4. The highest BCUT2D eigenvalue weighted by molar-refractivity contribution is 5.95. The van der Waals surface area contributed by atoms with E-state index in [2.05, 4.69) is 77.2 Å². The van der Waals surface area contributed by atoms with Crippen LogP contribution in [0.5, 0.6) is 0 Å². The summed E-state index contributed by atoms with van der Waals surface area (Å²) in [5, 5.41) is 0.